The van der Waals surface area contributed by atoms with Crippen molar-refractivity contribution in [1.29, 1.82) is 0 Å². The van der Waals surface area contributed by atoms with Crippen LogP contribution in [0.3, 0.4) is 0 Å². The van der Waals surface area contributed by atoms with Gasteiger partial charge in [0.1, 0.15) is 0 Å². The van der Waals surface area contributed by atoms with Gasteiger partial charge in [-0.3, -0.25) is 0 Å². The van der Waals surface area contributed by atoms with Gasteiger partial charge in [0.05, 0.1) is 0 Å². The van der Waals surface area contributed by atoms with E-state index in [9.17, 15) is 17.0 Å². The zero-order valence-corrected chi connectivity index (χ0v) is 44.1. The molecule has 1 heterocycles. The van der Waals surface area contributed by atoms with Crippen LogP contribution in [-0.4, -0.2) is 9.52 Å². The van der Waals surface area contributed by atoms with Gasteiger partial charge in [-0.15, -0.1) is 0 Å². The Morgan fingerprint density at radius 1 is 0.409 bits per heavy atom. The molecular weight excluding hydrogens is 935 g/mol. The molecule has 0 amide bonds. The maximum atomic E-state index is 9.68. The Balaban J connectivity index is 1.31. The SMILES string of the molecule is CC(C)(C)c1ccc2c(c1-c1ccccc1)C=C(c1ccccc1)[CH]2[Zr]([Cl])([Cl])([c]1cccc2c1[SiH2]c1ccccc1-2)[CH]1C(c2ccccc2)=Cc2c1ccc(C(C)(C)C)c2-c1ccccc1. The Labute approximate surface area is 402 Å². The third-order valence-corrected chi connectivity index (χ3v) is 37.3. The van der Waals surface area contributed by atoms with Crippen LogP contribution >= 0.6 is 17.0 Å². The second-order valence-corrected chi connectivity index (χ2v) is 43.3. The average molecular weight is 990 g/mol. The molecule has 0 aromatic heterocycles. The first-order valence-electron chi connectivity index (χ1n) is 23.5. The van der Waals surface area contributed by atoms with Crippen molar-refractivity contribution >= 4 is 63.5 Å². The molecule has 0 spiro atoms. The van der Waals surface area contributed by atoms with Gasteiger partial charge < -0.3 is 0 Å². The summed E-state index contributed by atoms with van der Waals surface area (Å²) in [4.78, 5) is 0. The van der Waals surface area contributed by atoms with E-state index >= 15 is 0 Å². The molecule has 66 heavy (non-hydrogen) atoms. The van der Waals surface area contributed by atoms with E-state index in [1.807, 2.05) is 0 Å². The molecule has 8 aromatic rings. The molecule has 3 aliphatic rings. The summed E-state index contributed by atoms with van der Waals surface area (Å²) in [6.45, 7) is 14.0. The Kier molecular flexibility index (Phi) is 10.6. The number of rotatable bonds is 7. The first-order chi connectivity index (χ1) is 31.7. The van der Waals surface area contributed by atoms with Crippen LogP contribution < -0.4 is 13.6 Å². The van der Waals surface area contributed by atoms with E-state index in [0.717, 1.165) is 0 Å². The maximum absolute atomic E-state index is 9.68. The van der Waals surface area contributed by atoms with Gasteiger partial charge in [-0.1, -0.05) is 0 Å². The van der Waals surface area contributed by atoms with Crippen molar-refractivity contribution in [2.75, 3.05) is 0 Å². The summed E-state index contributed by atoms with van der Waals surface area (Å²) in [6.07, 6.45) is 5.00. The summed E-state index contributed by atoms with van der Waals surface area (Å²) in [7, 11) is 18.4. The molecule has 0 fully saturated rings. The first-order valence-corrected chi connectivity index (χ1v) is 35.3. The number of hydrogen-bond acceptors (Lipinski definition) is 0. The predicted molar refractivity (Wildman–Crippen MR) is 286 cm³/mol. The Bertz CT molecular complexity index is 3090. The number of benzene rings is 8. The standard InChI is InChI=1S/2C25H23.C12H9Si.2ClH.Zr/c2*1-25(2,3)23-15-14-20-16-21(18-10-6-4-7-11-18)17-22(20)24(23)19-12-8-5-9-13-19;1-3-7-11-9(5-1)10-6-2-4-8-12(10)13-11;;;/h2*4-17H,1-3H3;1-7H,13H2;2*1H;/q;;;;;+2/p-2. The van der Waals surface area contributed by atoms with Crippen molar-refractivity contribution in [3.8, 4) is 33.4 Å². The Hall–Kier alpha value is -5.08. The van der Waals surface area contributed by atoms with Gasteiger partial charge in [-0.05, 0) is 0 Å². The van der Waals surface area contributed by atoms with Gasteiger partial charge in [-0.2, -0.15) is 0 Å². The molecule has 325 valence electrons. The van der Waals surface area contributed by atoms with Gasteiger partial charge in [0.2, 0.25) is 0 Å². The third kappa shape index (κ3) is 6.85. The second kappa shape index (κ2) is 16.0. The van der Waals surface area contributed by atoms with Crippen LogP contribution in [0.5, 0.6) is 0 Å². The van der Waals surface area contributed by atoms with E-state index in [4.69, 9.17) is 0 Å². The van der Waals surface area contributed by atoms with Crippen LogP contribution in [0.25, 0.3) is 56.7 Å². The molecule has 11 rings (SSSR count). The molecule has 0 N–H and O–H groups in total. The number of halogens is 2. The van der Waals surface area contributed by atoms with Crippen molar-refractivity contribution in [1.82, 2.24) is 0 Å². The minimum absolute atomic E-state index is 0.122. The van der Waals surface area contributed by atoms with Crippen molar-refractivity contribution < 1.29 is 16.4 Å². The molecule has 4 heteroatoms. The van der Waals surface area contributed by atoms with Crippen molar-refractivity contribution in [2.45, 2.75) is 59.6 Å². The van der Waals surface area contributed by atoms with E-state index in [0.29, 0.717) is 0 Å². The molecule has 0 saturated heterocycles. The van der Waals surface area contributed by atoms with Gasteiger partial charge in [0.25, 0.3) is 0 Å². The molecule has 0 saturated carbocycles. The van der Waals surface area contributed by atoms with Crippen molar-refractivity contribution in [3.63, 3.8) is 0 Å². The Morgan fingerprint density at radius 3 is 1.24 bits per heavy atom. The first kappa shape index (κ1) is 43.5. The molecule has 1 aliphatic heterocycles. The molecular formula is C62H55Cl2SiZr. The molecule has 8 aromatic carbocycles. The zero-order chi connectivity index (χ0) is 45.6. The van der Waals surface area contributed by atoms with E-state index in [1.54, 1.807) is 0 Å². The summed E-state index contributed by atoms with van der Waals surface area (Å²) >= 11 is -6.03. The third-order valence-electron chi connectivity index (χ3n) is 14.8. The summed E-state index contributed by atoms with van der Waals surface area (Å²) < 4.78 is 0.638. The Morgan fingerprint density at radius 2 is 0.803 bits per heavy atom. The van der Waals surface area contributed by atoms with Crippen LogP contribution in [-0.2, 0) is 27.2 Å². The normalized spacial score (nSPS) is 17.3. The quantitative estimate of drug-likeness (QED) is 0.140. The van der Waals surface area contributed by atoms with E-state index in [1.165, 1.54) is 103 Å². The minimum atomic E-state index is -6.03. The van der Waals surface area contributed by atoms with Crippen LogP contribution in [0.15, 0.2) is 188 Å². The summed E-state index contributed by atoms with van der Waals surface area (Å²) in [5, 5.41) is 2.88. The molecule has 2 unspecified atom stereocenters. The van der Waals surface area contributed by atoms with Gasteiger partial charge in [-0.25, -0.2) is 0 Å². The summed E-state index contributed by atoms with van der Waals surface area (Å²) in [5.74, 6) is 0. The molecule has 0 nitrogen and oxygen atoms in total. The predicted octanol–water partition coefficient (Wildman–Crippen LogP) is 14.9. The van der Waals surface area contributed by atoms with E-state index in [2.05, 4.69) is 242 Å². The fourth-order valence-corrected chi connectivity index (χ4v) is 39.0. The van der Waals surface area contributed by atoms with Crippen molar-refractivity contribution in [2.24, 2.45) is 0 Å². The van der Waals surface area contributed by atoms with Crippen LogP contribution in [0.4, 0.5) is 0 Å². The van der Waals surface area contributed by atoms with E-state index < -0.39 is 25.9 Å². The van der Waals surface area contributed by atoms with E-state index in [-0.39, 0.29) is 18.1 Å². The molecule has 2 aliphatic carbocycles. The van der Waals surface area contributed by atoms with Crippen molar-refractivity contribution in [3.05, 3.63) is 233 Å². The van der Waals surface area contributed by atoms with Gasteiger partial charge in [0, 0.05) is 0 Å². The number of fused-ring (bicyclic) bond motifs is 5. The van der Waals surface area contributed by atoms with Gasteiger partial charge in [0.15, 0.2) is 0 Å². The fraction of sp³-hybridized carbons (Fsp3) is 0.161. The topological polar surface area (TPSA) is 0 Å². The number of allylic oxidation sites excluding steroid dienone is 2. The average Bonchev–Trinajstić information content (AvgIpc) is 4.05. The molecule has 0 radical (unpaired) electrons. The van der Waals surface area contributed by atoms with Crippen LogP contribution in [0, 0.1) is 0 Å². The summed E-state index contributed by atoms with van der Waals surface area (Å²) in [6, 6.07) is 69.7. The number of hydrogen-bond donors (Lipinski definition) is 0. The summed E-state index contributed by atoms with van der Waals surface area (Å²) in [5.41, 5.74) is 19.7. The molecule has 0 bridgehead atoms. The van der Waals surface area contributed by atoms with Crippen LogP contribution in [0.1, 0.15) is 93.3 Å². The second-order valence-electron chi connectivity index (χ2n) is 20.8. The van der Waals surface area contributed by atoms with Crippen LogP contribution in [0.2, 0.25) is 0 Å². The molecule has 2 atom stereocenters. The van der Waals surface area contributed by atoms with Gasteiger partial charge >= 0.3 is 405 Å². The fourth-order valence-electron chi connectivity index (χ4n) is 12.0. The zero-order valence-electron chi connectivity index (χ0n) is 38.7. The monoisotopic (exact) mass is 987 g/mol.